The van der Waals surface area contributed by atoms with Gasteiger partial charge in [-0.25, -0.2) is 14.6 Å². The van der Waals surface area contributed by atoms with Crippen molar-refractivity contribution in [2.24, 2.45) is 0 Å². The Morgan fingerprint density at radius 3 is 2.42 bits per heavy atom. The van der Waals surface area contributed by atoms with Gasteiger partial charge in [-0.3, -0.25) is 9.59 Å². The molecule has 0 unspecified atom stereocenters. The summed E-state index contributed by atoms with van der Waals surface area (Å²) in [6, 6.07) is 9.92. The second-order valence-electron chi connectivity index (χ2n) is 11.5. The van der Waals surface area contributed by atoms with Crippen molar-refractivity contribution < 1.29 is 18.7 Å². The van der Waals surface area contributed by atoms with Gasteiger partial charge in [-0.1, -0.05) is 56.7 Å². The van der Waals surface area contributed by atoms with E-state index in [1.807, 2.05) is 51.1 Å². The Bertz CT molecular complexity index is 1850. The highest BCUT2D eigenvalue weighted by molar-refractivity contribution is 6.45. The lowest BCUT2D eigenvalue weighted by atomic mass is 9.92. The molecule has 4 aromatic heterocycles. The number of piperidine rings is 1. The van der Waals surface area contributed by atoms with Gasteiger partial charge < -0.3 is 19.0 Å². The third kappa shape index (κ3) is 5.20. The number of ketones is 1. The Kier molecular flexibility index (Phi) is 7.12. The van der Waals surface area contributed by atoms with Crippen LogP contribution in [0.25, 0.3) is 22.3 Å². The molecule has 1 amide bonds. The fraction of sp³-hybridized carbons (Fsp3) is 0.323. The van der Waals surface area contributed by atoms with Gasteiger partial charge in [0, 0.05) is 30.3 Å². The summed E-state index contributed by atoms with van der Waals surface area (Å²) in [5, 5.41) is 13.5. The number of amides is 1. The van der Waals surface area contributed by atoms with Gasteiger partial charge in [-0.05, 0) is 25.3 Å². The number of aromatic nitrogens is 7. The molecule has 0 atom stereocenters. The van der Waals surface area contributed by atoms with E-state index in [0.29, 0.717) is 66.0 Å². The number of benzene rings is 1. The number of carbonyl (C=O) groups excluding carboxylic acids is 2. The maximum Gasteiger partial charge on any atom is 0.295 e. The van der Waals surface area contributed by atoms with Crippen LogP contribution in [-0.4, -0.2) is 71.7 Å². The van der Waals surface area contributed by atoms with Crippen molar-refractivity contribution in [3.8, 4) is 11.6 Å². The number of aromatic amines is 1. The molecule has 0 aliphatic carbocycles. The number of aryl methyl sites for hydroxylation is 1. The number of H-pyrrole nitrogens is 1. The summed E-state index contributed by atoms with van der Waals surface area (Å²) in [6.45, 7) is 8.60. The van der Waals surface area contributed by atoms with Crippen molar-refractivity contribution in [2.75, 3.05) is 20.2 Å². The van der Waals surface area contributed by atoms with E-state index >= 15 is 0 Å². The third-order valence-electron chi connectivity index (χ3n) is 7.49. The zero-order valence-electron chi connectivity index (χ0n) is 24.7. The molecule has 1 aliphatic heterocycles. The average molecular weight is 581 g/mol. The molecule has 12 heteroatoms. The number of nitrogens with one attached hydrogen (secondary N) is 1. The maximum absolute atomic E-state index is 13.6. The van der Waals surface area contributed by atoms with Crippen molar-refractivity contribution in [3.05, 3.63) is 83.4 Å². The minimum Gasteiger partial charge on any atom is -0.494 e. The highest BCUT2D eigenvalue weighted by Gasteiger charge is 2.31. The van der Waals surface area contributed by atoms with Crippen LogP contribution in [0, 0.1) is 6.92 Å². The maximum atomic E-state index is 13.6. The number of likely N-dealkylation sites (tertiary alicyclic amines) is 1. The van der Waals surface area contributed by atoms with Gasteiger partial charge in [0.25, 0.3) is 11.7 Å². The summed E-state index contributed by atoms with van der Waals surface area (Å²) in [4.78, 5) is 40.5. The molecule has 0 radical (unpaired) electrons. The summed E-state index contributed by atoms with van der Waals surface area (Å²) in [5.41, 5.74) is 3.39. The lowest BCUT2D eigenvalue weighted by molar-refractivity contribution is -0.126. The molecule has 6 rings (SSSR count). The number of ether oxygens (including phenoxy) is 1. The van der Waals surface area contributed by atoms with E-state index in [2.05, 4.69) is 30.2 Å². The largest absolute Gasteiger partial charge is 0.494 e. The van der Waals surface area contributed by atoms with Crippen molar-refractivity contribution >= 4 is 28.2 Å². The number of carbonyl (C=O) groups is 2. The smallest absolute Gasteiger partial charge is 0.295 e. The van der Waals surface area contributed by atoms with Gasteiger partial charge in [0.1, 0.15) is 17.9 Å². The van der Waals surface area contributed by atoms with Crippen LogP contribution in [-0.2, 0) is 10.2 Å². The summed E-state index contributed by atoms with van der Waals surface area (Å²) < 4.78 is 13.2. The molecule has 220 valence electrons. The number of hydrogen-bond acceptors (Lipinski definition) is 9. The van der Waals surface area contributed by atoms with E-state index in [0.717, 1.165) is 16.7 Å². The Hall–Kier alpha value is -5.13. The molecule has 1 saturated heterocycles. The minimum atomic E-state index is -0.626. The van der Waals surface area contributed by atoms with Gasteiger partial charge in [-0.2, -0.15) is 5.10 Å². The van der Waals surface area contributed by atoms with Gasteiger partial charge >= 0.3 is 0 Å². The van der Waals surface area contributed by atoms with E-state index in [1.165, 1.54) is 30.5 Å². The lowest BCUT2D eigenvalue weighted by Crippen LogP contribution is -2.40. The number of hydrogen-bond donors (Lipinski definition) is 1. The molecule has 0 saturated carbocycles. The van der Waals surface area contributed by atoms with Crippen molar-refractivity contribution in [1.82, 2.24) is 39.8 Å². The van der Waals surface area contributed by atoms with Crippen LogP contribution >= 0.6 is 0 Å². The Balaban J connectivity index is 1.28. The van der Waals surface area contributed by atoms with Crippen LogP contribution in [0.4, 0.5) is 0 Å². The second kappa shape index (κ2) is 10.9. The predicted molar refractivity (Wildman–Crippen MR) is 158 cm³/mol. The van der Waals surface area contributed by atoms with Gasteiger partial charge in [0.05, 0.1) is 29.8 Å². The molecule has 1 N–H and O–H groups in total. The van der Waals surface area contributed by atoms with Crippen molar-refractivity contribution in [3.63, 3.8) is 0 Å². The fourth-order valence-electron chi connectivity index (χ4n) is 5.26. The molecule has 5 heterocycles. The third-order valence-corrected chi connectivity index (χ3v) is 7.49. The van der Waals surface area contributed by atoms with Gasteiger partial charge in [0.2, 0.25) is 11.8 Å². The summed E-state index contributed by atoms with van der Waals surface area (Å²) in [5.74, 6) is 1.20. The molecule has 12 nitrogen and oxygen atoms in total. The van der Waals surface area contributed by atoms with E-state index in [1.54, 1.807) is 11.8 Å². The number of methoxy groups -OCH3 is 1. The first-order valence-electron chi connectivity index (χ1n) is 14.0. The van der Waals surface area contributed by atoms with E-state index in [-0.39, 0.29) is 11.0 Å². The van der Waals surface area contributed by atoms with Crippen LogP contribution in [0.15, 0.2) is 59.0 Å². The highest BCUT2D eigenvalue weighted by atomic mass is 16.5. The predicted octanol–water partition coefficient (Wildman–Crippen LogP) is 4.45. The molecule has 1 fully saturated rings. The van der Waals surface area contributed by atoms with Crippen LogP contribution in [0.5, 0.6) is 5.75 Å². The quantitative estimate of drug-likeness (QED) is 0.227. The second-order valence-corrected chi connectivity index (χ2v) is 11.5. The molecule has 1 aliphatic rings. The molecule has 5 aromatic rings. The van der Waals surface area contributed by atoms with Crippen LogP contribution in [0.3, 0.4) is 0 Å². The molecular formula is C31H32N8O4. The fourth-order valence-corrected chi connectivity index (χ4v) is 5.26. The van der Waals surface area contributed by atoms with Crippen molar-refractivity contribution in [1.29, 1.82) is 0 Å². The molecule has 1 aromatic carbocycles. The van der Waals surface area contributed by atoms with E-state index in [4.69, 9.17) is 9.15 Å². The zero-order valence-corrected chi connectivity index (χ0v) is 24.7. The number of rotatable bonds is 6. The first-order chi connectivity index (χ1) is 20.7. The minimum absolute atomic E-state index is 0.212. The number of nitrogens with zero attached hydrogens (tertiary/aromatic N) is 7. The summed E-state index contributed by atoms with van der Waals surface area (Å²) in [6.07, 6.45) is 5.70. The van der Waals surface area contributed by atoms with Gasteiger partial charge in [0.15, 0.2) is 5.82 Å². The molecule has 0 spiro atoms. The van der Waals surface area contributed by atoms with Crippen LogP contribution in [0.2, 0.25) is 0 Å². The van der Waals surface area contributed by atoms with Crippen molar-refractivity contribution in [2.45, 2.75) is 46.0 Å². The summed E-state index contributed by atoms with van der Waals surface area (Å²) in [7, 11) is 1.50. The lowest BCUT2D eigenvalue weighted by Gasteiger charge is -2.29. The Labute approximate surface area is 247 Å². The molecular weight excluding hydrogens is 548 g/mol. The SMILES string of the molecule is COc1cnc(-n2cnc(C)n2)c2[nH]cc(C(=O)C(=O)N3CCC(=C(c4ccccc4)c4nnc(C(C)(C)C)o4)CC3)c12. The number of pyridine rings is 1. The standard InChI is InChI=1S/C31H32N8O4/c1-18-34-17-39(37-18)27-25-24(22(42-5)16-33-27)21(15-32-25)26(40)29(41)38-13-11-20(12-14-38)23(19-9-7-6-8-10-19)28-35-36-30(43-28)31(2,3)4/h6-10,15-17,32H,11-14H2,1-5H3. The molecule has 43 heavy (non-hydrogen) atoms. The average Bonchev–Trinajstić information content (AvgIpc) is 3.77. The monoisotopic (exact) mass is 580 g/mol. The first-order valence-corrected chi connectivity index (χ1v) is 14.0. The van der Waals surface area contributed by atoms with E-state index in [9.17, 15) is 9.59 Å². The summed E-state index contributed by atoms with van der Waals surface area (Å²) >= 11 is 0. The topological polar surface area (TPSA) is 145 Å². The van der Waals surface area contributed by atoms with Gasteiger partial charge in [-0.15, -0.1) is 10.2 Å². The first kappa shape index (κ1) is 28.0. The number of fused-ring (bicyclic) bond motifs is 1. The zero-order chi connectivity index (χ0) is 30.3. The normalized spacial score (nSPS) is 13.9. The van der Waals surface area contributed by atoms with Crippen LogP contribution in [0.1, 0.15) is 67.1 Å². The molecule has 0 bridgehead atoms. The number of Topliss-reactive ketones (excluding diaryl/α,β-unsaturated/α-hetero) is 1. The Morgan fingerprint density at radius 1 is 1.05 bits per heavy atom. The van der Waals surface area contributed by atoms with Crippen LogP contribution < -0.4 is 4.74 Å². The Morgan fingerprint density at radius 2 is 1.79 bits per heavy atom. The van der Waals surface area contributed by atoms with E-state index < -0.39 is 11.7 Å². The highest BCUT2D eigenvalue weighted by Crippen LogP contribution is 2.35.